The van der Waals surface area contributed by atoms with Crippen LogP contribution in [0.4, 0.5) is 5.69 Å². The van der Waals surface area contributed by atoms with E-state index in [0.717, 1.165) is 31.2 Å². The zero-order chi connectivity index (χ0) is 23.0. The van der Waals surface area contributed by atoms with E-state index in [4.69, 9.17) is 11.6 Å². The number of nitrogens with one attached hydrogen (secondary N) is 2. The fraction of sp³-hybridized carbons (Fsp3) is 0.478. The first-order valence-electron chi connectivity index (χ1n) is 11.0. The molecule has 1 aliphatic heterocycles. The highest BCUT2D eigenvalue weighted by atomic mass is 35.5. The van der Waals surface area contributed by atoms with Gasteiger partial charge in [0, 0.05) is 29.4 Å². The molecular weight excluding hydrogens is 430 g/mol. The van der Waals surface area contributed by atoms with E-state index < -0.39 is 11.4 Å². The minimum absolute atomic E-state index is 0.115. The predicted octanol–water partition coefficient (Wildman–Crippen LogP) is 3.39. The number of carbonyl (C=O) groups is 3. The van der Waals surface area contributed by atoms with E-state index >= 15 is 0 Å². The average molecular weight is 458 g/mol. The third-order valence-corrected chi connectivity index (χ3v) is 6.95. The summed E-state index contributed by atoms with van der Waals surface area (Å²) in [5.41, 5.74) is 0.659. The van der Waals surface area contributed by atoms with Crippen molar-refractivity contribution in [2.45, 2.75) is 64.6 Å². The molecule has 2 N–H and O–H groups in total. The Balaban J connectivity index is 1.59. The van der Waals surface area contributed by atoms with Crippen LogP contribution >= 0.6 is 11.6 Å². The number of hydrogen-bond acceptors (Lipinski definition) is 4. The average Bonchev–Trinajstić information content (AvgIpc) is 3.41. The van der Waals surface area contributed by atoms with E-state index in [-0.39, 0.29) is 30.1 Å². The lowest BCUT2D eigenvalue weighted by Crippen LogP contribution is -2.64. The Labute approximate surface area is 192 Å². The summed E-state index contributed by atoms with van der Waals surface area (Å²) in [4.78, 5) is 40.9. The van der Waals surface area contributed by atoms with Crippen molar-refractivity contribution in [3.63, 3.8) is 0 Å². The van der Waals surface area contributed by atoms with Gasteiger partial charge in [-0.05, 0) is 51.3 Å². The molecule has 0 unspecified atom stereocenters. The standard InChI is InChI=1S/C23H28ClN5O3/c1-4-28-21(31)19-12-18(20(30)26-17-11-7-10-16(24)14(17)2)27-29(19)13-23(28,3)22(32)25-15-8-5-6-9-15/h7,10-12,15H,4-6,8-9,13H2,1-3H3,(H,25,32)(H,26,30)/t23-/m1/s1. The van der Waals surface area contributed by atoms with Crippen LogP contribution in [0.1, 0.15) is 66.1 Å². The number of hydrogen-bond donors (Lipinski definition) is 2. The summed E-state index contributed by atoms with van der Waals surface area (Å²) < 4.78 is 1.47. The first kappa shape index (κ1) is 22.3. The largest absolute Gasteiger partial charge is 0.351 e. The minimum atomic E-state index is -1.08. The van der Waals surface area contributed by atoms with Crippen LogP contribution in [0.15, 0.2) is 24.3 Å². The zero-order valence-corrected chi connectivity index (χ0v) is 19.3. The van der Waals surface area contributed by atoms with Crippen LogP contribution in [0.3, 0.4) is 0 Å². The fourth-order valence-electron chi connectivity index (χ4n) is 4.59. The normalized spacial score (nSPS) is 20.9. The maximum atomic E-state index is 13.2. The minimum Gasteiger partial charge on any atom is -0.351 e. The molecule has 0 radical (unpaired) electrons. The van der Waals surface area contributed by atoms with E-state index in [0.29, 0.717) is 22.9 Å². The lowest BCUT2D eigenvalue weighted by Gasteiger charge is -2.43. The second-order valence-corrected chi connectivity index (χ2v) is 9.12. The summed E-state index contributed by atoms with van der Waals surface area (Å²) in [6.45, 7) is 5.98. The van der Waals surface area contributed by atoms with Gasteiger partial charge in [0.25, 0.3) is 11.8 Å². The van der Waals surface area contributed by atoms with E-state index in [2.05, 4.69) is 15.7 Å². The van der Waals surface area contributed by atoms with Crippen molar-refractivity contribution >= 4 is 35.0 Å². The van der Waals surface area contributed by atoms with Crippen LogP contribution in [-0.4, -0.2) is 50.5 Å². The van der Waals surface area contributed by atoms with Crippen LogP contribution < -0.4 is 10.6 Å². The van der Waals surface area contributed by atoms with E-state index in [1.165, 1.54) is 10.7 Å². The smallest absolute Gasteiger partial charge is 0.276 e. The summed E-state index contributed by atoms with van der Waals surface area (Å²) in [5.74, 6) is -0.931. The zero-order valence-electron chi connectivity index (χ0n) is 18.6. The topological polar surface area (TPSA) is 96.3 Å². The van der Waals surface area contributed by atoms with Crippen molar-refractivity contribution in [3.8, 4) is 0 Å². The highest BCUT2D eigenvalue weighted by Crippen LogP contribution is 2.29. The van der Waals surface area contributed by atoms with Gasteiger partial charge in [0.1, 0.15) is 11.2 Å². The van der Waals surface area contributed by atoms with Crippen molar-refractivity contribution in [3.05, 3.63) is 46.2 Å². The molecule has 2 heterocycles. The number of rotatable bonds is 5. The first-order chi connectivity index (χ1) is 15.2. The van der Waals surface area contributed by atoms with Gasteiger partial charge in [-0.25, -0.2) is 0 Å². The maximum Gasteiger partial charge on any atom is 0.276 e. The van der Waals surface area contributed by atoms with E-state index in [1.54, 1.807) is 30.0 Å². The highest BCUT2D eigenvalue weighted by Gasteiger charge is 2.48. The first-order valence-corrected chi connectivity index (χ1v) is 11.4. The number of halogens is 1. The Morgan fingerprint density at radius 2 is 2.00 bits per heavy atom. The predicted molar refractivity (Wildman–Crippen MR) is 122 cm³/mol. The molecule has 8 nitrogen and oxygen atoms in total. The Morgan fingerprint density at radius 3 is 2.69 bits per heavy atom. The Kier molecular flexibility index (Phi) is 5.99. The molecule has 1 saturated carbocycles. The number of aromatic nitrogens is 2. The van der Waals surface area contributed by atoms with E-state index in [9.17, 15) is 14.4 Å². The number of likely N-dealkylation sites (N-methyl/N-ethyl adjacent to an activating group) is 1. The summed E-state index contributed by atoms with van der Waals surface area (Å²) in [6, 6.07) is 6.88. The van der Waals surface area contributed by atoms with E-state index in [1.807, 2.05) is 13.8 Å². The molecule has 0 saturated heterocycles. The lowest BCUT2D eigenvalue weighted by molar-refractivity contribution is -0.133. The number of nitrogens with zero attached hydrogens (tertiary/aromatic N) is 3. The SMILES string of the molecule is CCN1C(=O)c2cc(C(=O)Nc3cccc(Cl)c3C)nn2C[C@]1(C)C(=O)NC1CCCC1. The number of amides is 3. The maximum absolute atomic E-state index is 13.2. The molecule has 1 aromatic carbocycles. The molecule has 170 valence electrons. The Morgan fingerprint density at radius 1 is 1.28 bits per heavy atom. The Bertz CT molecular complexity index is 1080. The van der Waals surface area contributed by atoms with Gasteiger partial charge in [-0.3, -0.25) is 19.1 Å². The van der Waals surface area contributed by atoms with Gasteiger partial charge in [0.05, 0.1) is 6.54 Å². The highest BCUT2D eigenvalue weighted by molar-refractivity contribution is 6.31. The van der Waals surface area contributed by atoms with Crippen molar-refractivity contribution in [2.75, 3.05) is 11.9 Å². The molecule has 3 amide bonds. The molecule has 1 atom stereocenters. The van der Waals surface area contributed by atoms with Crippen molar-refractivity contribution < 1.29 is 14.4 Å². The van der Waals surface area contributed by atoms with Gasteiger partial charge in [-0.2, -0.15) is 5.10 Å². The van der Waals surface area contributed by atoms with Gasteiger partial charge in [-0.1, -0.05) is 30.5 Å². The van der Waals surface area contributed by atoms with Crippen molar-refractivity contribution in [2.24, 2.45) is 0 Å². The van der Waals surface area contributed by atoms with Gasteiger partial charge < -0.3 is 15.5 Å². The molecule has 0 spiro atoms. The summed E-state index contributed by atoms with van der Waals surface area (Å²) in [6.07, 6.45) is 4.13. The molecule has 9 heteroatoms. The summed E-state index contributed by atoms with van der Waals surface area (Å²) >= 11 is 6.14. The third-order valence-electron chi connectivity index (χ3n) is 6.54. The van der Waals surface area contributed by atoms with Gasteiger partial charge in [0.15, 0.2) is 5.69 Å². The second kappa shape index (κ2) is 8.58. The van der Waals surface area contributed by atoms with Crippen LogP contribution in [0.2, 0.25) is 5.02 Å². The quantitative estimate of drug-likeness (QED) is 0.719. The molecular formula is C23H28ClN5O3. The van der Waals surface area contributed by atoms with Gasteiger partial charge in [0.2, 0.25) is 5.91 Å². The number of carbonyl (C=O) groups excluding carboxylic acids is 3. The molecule has 32 heavy (non-hydrogen) atoms. The third kappa shape index (κ3) is 3.88. The fourth-order valence-corrected chi connectivity index (χ4v) is 4.76. The van der Waals surface area contributed by atoms with Crippen LogP contribution in [-0.2, 0) is 11.3 Å². The molecule has 2 aliphatic rings. The summed E-state index contributed by atoms with van der Waals surface area (Å²) in [7, 11) is 0. The molecule has 1 aliphatic carbocycles. The van der Waals surface area contributed by atoms with Gasteiger partial charge in [-0.15, -0.1) is 0 Å². The number of fused-ring (bicyclic) bond motifs is 1. The lowest BCUT2D eigenvalue weighted by atomic mass is 9.94. The molecule has 2 aromatic rings. The molecule has 1 aromatic heterocycles. The second-order valence-electron chi connectivity index (χ2n) is 8.72. The Hall–Kier alpha value is -2.87. The monoisotopic (exact) mass is 457 g/mol. The molecule has 1 fully saturated rings. The van der Waals surface area contributed by atoms with Crippen molar-refractivity contribution in [1.29, 1.82) is 0 Å². The van der Waals surface area contributed by atoms with Crippen LogP contribution in [0.5, 0.6) is 0 Å². The molecule has 4 rings (SSSR count). The number of anilines is 1. The van der Waals surface area contributed by atoms with Crippen LogP contribution in [0.25, 0.3) is 0 Å². The van der Waals surface area contributed by atoms with Gasteiger partial charge >= 0.3 is 0 Å². The summed E-state index contributed by atoms with van der Waals surface area (Å²) in [5, 5.41) is 10.8. The number of benzene rings is 1. The van der Waals surface area contributed by atoms with Crippen molar-refractivity contribution in [1.82, 2.24) is 20.0 Å². The molecule has 0 bridgehead atoms. The van der Waals surface area contributed by atoms with Crippen LogP contribution in [0, 0.1) is 6.92 Å².